The highest BCUT2D eigenvalue weighted by Gasteiger charge is 2.13. The number of aromatic nitrogens is 2. The van der Waals surface area contributed by atoms with Crippen LogP contribution in [0.15, 0.2) is 12.3 Å². The van der Waals surface area contributed by atoms with E-state index in [1.807, 2.05) is 6.20 Å². The van der Waals surface area contributed by atoms with E-state index >= 15 is 0 Å². The van der Waals surface area contributed by atoms with Crippen molar-refractivity contribution >= 4 is 0 Å². The molecule has 1 rings (SSSR count). The fraction of sp³-hybridized carbons (Fsp3) is 0.812. The van der Waals surface area contributed by atoms with Crippen LogP contribution in [0.2, 0.25) is 0 Å². The molecule has 3 nitrogen and oxygen atoms in total. The average molecular weight is 265 g/mol. The van der Waals surface area contributed by atoms with E-state index < -0.39 is 0 Å². The fourth-order valence-corrected chi connectivity index (χ4v) is 2.61. The van der Waals surface area contributed by atoms with Crippen LogP contribution in [0, 0.1) is 0 Å². The average Bonchev–Trinajstić information content (AvgIpc) is 2.87. The minimum absolute atomic E-state index is 0.459. The van der Waals surface area contributed by atoms with Crippen LogP contribution in [0.25, 0.3) is 0 Å². The first-order chi connectivity index (χ1) is 9.33. The van der Waals surface area contributed by atoms with Gasteiger partial charge >= 0.3 is 0 Å². The first kappa shape index (κ1) is 16.2. The number of hydrogen-bond acceptors (Lipinski definition) is 2. The van der Waals surface area contributed by atoms with Crippen molar-refractivity contribution in [2.45, 2.75) is 77.8 Å². The van der Waals surface area contributed by atoms with E-state index in [1.54, 1.807) is 0 Å². The molecule has 0 radical (unpaired) electrons. The van der Waals surface area contributed by atoms with Crippen LogP contribution in [0.4, 0.5) is 0 Å². The van der Waals surface area contributed by atoms with Crippen molar-refractivity contribution in [1.82, 2.24) is 15.1 Å². The highest BCUT2D eigenvalue weighted by atomic mass is 15.3. The van der Waals surface area contributed by atoms with Crippen molar-refractivity contribution in [1.29, 1.82) is 0 Å². The van der Waals surface area contributed by atoms with Gasteiger partial charge in [-0.1, -0.05) is 52.4 Å². The third-order valence-corrected chi connectivity index (χ3v) is 3.74. The molecule has 0 amide bonds. The van der Waals surface area contributed by atoms with Crippen molar-refractivity contribution in [2.24, 2.45) is 0 Å². The predicted octanol–water partition coefficient (Wildman–Crippen LogP) is 4.30. The summed E-state index contributed by atoms with van der Waals surface area (Å²) in [4.78, 5) is 0. The zero-order valence-electron chi connectivity index (χ0n) is 13.0. The van der Waals surface area contributed by atoms with Crippen LogP contribution < -0.4 is 5.32 Å². The molecule has 1 unspecified atom stereocenters. The van der Waals surface area contributed by atoms with Gasteiger partial charge in [0.15, 0.2) is 0 Å². The van der Waals surface area contributed by atoms with E-state index in [1.165, 1.54) is 50.6 Å². The Kier molecular flexibility index (Phi) is 8.55. The molecule has 0 aromatic carbocycles. The molecule has 0 aliphatic heterocycles. The van der Waals surface area contributed by atoms with Crippen molar-refractivity contribution < 1.29 is 0 Å². The Hall–Kier alpha value is -0.830. The highest BCUT2D eigenvalue weighted by molar-refractivity contribution is 5.06. The normalized spacial score (nSPS) is 12.8. The van der Waals surface area contributed by atoms with Gasteiger partial charge in [0.25, 0.3) is 0 Å². The summed E-state index contributed by atoms with van der Waals surface area (Å²) >= 11 is 0. The standard InChI is InChI=1S/C16H31N3/c1-4-6-7-8-9-10-11-15(17-3)16-12-13-18-19(16)14-5-2/h12-13,15,17H,4-11,14H2,1-3H3. The SMILES string of the molecule is CCCCCCCCC(NC)c1ccnn1CCC. The van der Waals surface area contributed by atoms with E-state index in [0.717, 1.165) is 13.0 Å². The second-order valence-corrected chi connectivity index (χ2v) is 5.38. The number of nitrogens with one attached hydrogen (secondary N) is 1. The molecule has 0 saturated carbocycles. The van der Waals surface area contributed by atoms with Gasteiger partial charge in [-0.25, -0.2) is 0 Å². The Balaban J connectivity index is 2.34. The van der Waals surface area contributed by atoms with Gasteiger partial charge in [-0.05, 0) is 26.0 Å². The number of aryl methyl sites for hydroxylation is 1. The van der Waals surface area contributed by atoms with Gasteiger partial charge in [-0.3, -0.25) is 4.68 Å². The zero-order valence-corrected chi connectivity index (χ0v) is 13.0. The maximum Gasteiger partial charge on any atom is 0.0553 e. The van der Waals surface area contributed by atoms with E-state index in [4.69, 9.17) is 0 Å². The third kappa shape index (κ3) is 5.77. The molecule has 0 aliphatic carbocycles. The smallest absolute Gasteiger partial charge is 0.0553 e. The third-order valence-electron chi connectivity index (χ3n) is 3.74. The Morgan fingerprint density at radius 2 is 1.84 bits per heavy atom. The molecule has 0 aliphatic rings. The summed E-state index contributed by atoms with van der Waals surface area (Å²) in [5, 5.41) is 7.86. The Labute approximate surface area is 118 Å². The second kappa shape index (κ2) is 10.0. The molecule has 0 saturated heterocycles. The van der Waals surface area contributed by atoms with Crippen molar-refractivity contribution in [3.05, 3.63) is 18.0 Å². The Morgan fingerprint density at radius 1 is 1.11 bits per heavy atom. The zero-order chi connectivity index (χ0) is 13.9. The quantitative estimate of drug-likeness (QED) is 0.604. The van der Waals surface area contributed by atoms with Gasteiger partial charge < -0.3 is 5.32 Å². The molecular formula is C16H31N3. The van der Waals surface area contributed by atoms with Crippen LogP contribution >= 0.6 is 0 Å². The molecule has 1 N–H and O–H groups in total. The van der Waals surface area contributed by atoms with Gasteiger partial charge in [0, 0.05) is 18.8 Å². The lowest BCUT2D eigenvalue weighted by Crippen LogP contribution is -2.20. The van der Waals surface area contributed by atoms with E-state index in [0.29, 0.717) is 6.04 Å². The second-order valence-electron chi connectivity index (χ2n) is 5.38. The first-order valence-electron chi connectivity index (χ1n) is 8.02. The van der Waals surface area contributed by atoms with Gasteiger partial charge in [0.2, 0.25) is 0 Å². The summed E-state index contributed by atoms with van der Waals surface area (Å²) in [7, 11) is 2.06. The minimum Gasteiger partial charge on any atom is -0.312 e. The fourth-order valence-electron chi connectivity index (χ4n) is 2.61. The van der Waals surface area contributed by atoms with Crippen LogP contribution in [0.3, 0.4) is 0 Å². The first-order valence-corrected chi connectivity index (χ1v) is 8.02. The largest absolute Gasteiger partial charge is 0.312 e. The lowest BCUT2D eigenvalue weighted by Gasteiger charge is -2.17. The number of hydrogen-bond donors (Lipinski definition) is 1. The van der Waals surface area contributed by atoms with E-state index in [2.05, 4.69) is 42.1 Å². The monoisotopic (exact) mass is 265 g/mol. The van der Waals surface area contributed by atoms with Crippen molar-refractivity contribution in [2.75, 3.05) is 7.05 Å². The summed E-state index contributed by atoms with van der Waals surface area (Å²) in [5.41, 5.74) is 1.35. The Bertz CT molecular complexity index is 320. The predicted molar refractivity (Wildman–Crippen MR) is 82.3 cm³/mol. The molecule has 1 atom stereocenters. The topological polar surface area (TPSA) is 29.9 Å². The van der Waals surface area contributed by atoms with Crippen LogP contribution in [0.5, 0.6) is 0 Å². The lowest BCUT2D eigenvalue weighted by atomic mass is 10.0. The van der Waals surface area contributed by atoms with Gasteiger partial charge in [-0.2, -0.15) is 5.10 Å². The lowest BCUT2D eigenvalue weighted by molar-refractivity contribution is 0.453. The molecule has 0 fully saturated rings. The summed E-state index contributed by atoms with van der Waals surface area (Å²) < 4.78 is 2.15. The molecular weight excluding hydrogens is 234 g/mol. The number of rotatable bonds is 11. The summed E-state index contributed by atoms with van der Waals surface area (Å²) in [5.74, 6) is 0. The number of unbranched alkanes of at least 4 members (excludes halogenated alkanes) is 5. The molecule has 1 heterocycles. The van der Waals surface area contributed by atoms with Crippen LogP contribution in [0.1, 0.15) is 76.9 Å². The maximum atomic E-state index is 4.42. The summed E-state index contributed by atoms with van der Waals surface area (Å²) in [6.45, 7) is 5.50. The van der Waals surface area contributed by atoms with E-state index in [9.17, 15) is 0 Å². The summed E-state index contributed by atoms with van der Waals surface area (Å²) in [6, 6.07) is 2.62. The van der Waals surface area contributed by atoms with Crippen molar-refractivity contribution in [3.8, 4) is 0 Å². The van der Waals surface area contributed by atoms with E-state index in [-0.39, 0.29) is 0 Å². The molecule has 0 spiro atoms. The van der Waals surface area contributed by atoms with Crippen LogP contribution in [-0.2, 0) is 6.54 Å². The molecule has 1 aromatic heterocycles. The van der Waals surface area contributed by atoms with Gasteiger partial charge in [0.05, 0.1) is 5.69 Å². The molecule has 3 heteroatoms. The van der Waals surface area contributed by atoms with Gasteiger partial charge in [0.1, 0.15) is 0 Å². The molecule has 1 aromatic rings. The minimum atomic E-state index is 0.459. The number of nitrogens with zero attached hydrogens (tertiary/aromatic N) is 2. The molecule has 110 valence electrons. The molecule has 19 heavy (non-hydrogen) atoms. The van der Waals surface area contributed by atoms with Crippen LogP contribution in [-0.4, -0.2) is 16.8 Å². The van der Waals surface area contributed by atoms with Crippen molar-refractivity contribution in [3.63, 3.8) is 0 Å². The molecule has 0 bridgehead atoms. The Morgan fingerprint density at radius 3 is 2.53 bits per heavy atom. The summed E-state index contributed by atoms with van der Waals surface area (Å²) in [6.07, 6.45) is 12.5. The highest BCUT2D eigenvalue weighted by Crippen LogP contribution is 2.20. The van der Waals surface area contributed by atoms with Gasteiger partial charge in [-0.15, -0.1) is 0 Å². The maximum absolute atomic E-state index is 4.42.